The Balaban J connectivity index is 3.62. The number of methoxy groups -OCH3 is 1. The highest BCUT2D eigenvalue weighted by molar-refractivity contribution is 5.99. The fourth-order valence-electron chi connectivity index (χ4n) is 1.28. The van der Waals surface area contributed by atoms with Crippen LogP contribution < -0.4 is 4.74 Å². The average Bonchev–Trinajstić information content (AvgIpc) is 2.26. The van der Waals surface area contributed by atoms with Gasteiger partial charge in [-0.2, -0.15) is 5.26 Å². The van der Waals surface area contributed by atoms with E-state index in [4.69, 9.17) is 10.00 Å². The van der Waals surface area contributed by atoms with Gasteiger partial charge in [-0.1, -0.05) is 0 Å². The molecule has 0 amide bonds. The molecule has 0 saturated carbocycles. The maximum absolute atomic E-state index is 11.2. The van der Waals surface area contributed by atoms with Crippen molar-refractivity contribution in [2.75, 3.05) is 7.11 Å². The molecule has 1 rings (SSSR count). The number of nitrogens with zero attached hydrogens (tertiary/aromatic N) is 2. The van der Waals surface area contributed by atoms with E-state index in [-0.39, 0.29) is 16.9 Å². The number of Topliss-reactive ketones (excluding diaryl/α,β-unsaturated/α-hetero) is 1. The van der Waals surface area contributed by atoms with Gasteiger partial charge in [0.15, 0.2) is 11.5 Å². The summed E-state index contributed by atoms with van der Waals surface area (Å²) in [6, 6.07) is 4.22. The first-order valence-electron chi connectivity index (χ1n) is 4.28. The summed E-state index contributed by atoms with van der Waals surface area (Å²) in [6.45, 7) is 1.20. The fraction of sp³-hybridized carbons (Fsp3) is 0.200. The van der Waals surface area contributed by atoms with Crippen LogP contribution in [0.2, 0.25) is 0 Å². The Morgan fingerprint density at radius 2 is 2.19 bits per heavy atom. The third kappa shape index (κ3) is 1.98. The predicted molar refractivity (Wildman–Crippen MR) is 54.4 cm³/mol. The fourth-order valence-corrected chi connectivity index (χ4v) is 1.28. The Kier molecular flexibility index (Phi) is 3.20. The zero-order valence-corrected chi connectivity index (χ0v) is 8.68. The smallest absolute Gasteiger partial charge is 0.321 e. The van der Waals surface area contributed by atoms with E-state index in [1.54, 1.807) is 0 Å². The Morgan fingerprint density at radius 1 is 1.56 bits per heavy atom. The minimum atomic E-state index is -0.698. The molecule has 0 bridgehead atoms. The van der Waals surface area contributed by atoms with Gasteiger partial charge in [-0.25, -0.2) is 0 Å². The molecule has 1 aromatic carbocycles. The highest BCUT2D eigenvalue weighted by Crippen LogP contribution is 2.32. The molecule has 0 spiro atoms. The molecule has 0 heterocycles. The molecule has 6 nitrogen and oxygen atoms in total. The number of hydrogen-bond donors (Lipinski definition) is 0. The quantitative estimate of drug-likeness (QED) is 0.438. The van der Waals surface area contributed by atoms with Crippen LogP contribution in [-0.2, 0) is 0 Å². The third-order valence-electron chi connectivity index (χ3n) is 1.99. The summed E-state index contributed by atoms with van der Waals surface area (Å²) in [6.07, 6.45) is 0. The number of carbonyl (C=O) groups excluding carboxylic acids is 1. The molecule has 6 heteroatoms. The lowest BCUT2D eigenvalue weighted by Gasteiger charge is -2.05. The summed E-state index contributed by atoms with van der Waals surface area (Å²) < 4.78 is 4.79. The van der Waals surface area contributed by atoms with E-state index in [2.05, 4.69) is 0 Å². The molecular weight excluding hydrogens is 212 g/mol. The molecule has 0 aliphatic carbocycles. The van der Waals surface area contributed by atoms with Crippen LogP contribution >= 0.6 is 0 Å². The van der Waals surface area contributed by atoms with E-state index >= 15 is 0 Å². The summed E-state index contributed by atoms with van der Waals surface area (Å²) in [7, 11) is 1.24. The zero-order valence-electron chi connectivity index (χ0n) is 8.68. The molecule has 0 N–H and O–H groups in total. The molecule has 0 saturated heterocycles. The van der Waals surface area contributed by atoms with Gasteiger partial charge in [-0.05, 0) is 13.0 Å². The van der Waals surface area contributed by atoms with Crippen LogP contribution in [0.4, 0.5) is 5.69 Å². The van der Waals surface area contributed by atoms with Crippen molar-refractivity contribution >= 4 is 11.5 Å². The monoisotopic (exact) mass is 220 g/mol. The third-order valence-corrected chi connectivity index (χ3v) is 1.99. The number of nitro benzene ring substituents is 1. The molecule has 0 atom stereocenters. The molecule has 1 aromatic rings. The lowest BCUT2D eigenvalue weighted by Crippen LogP contribution is -2.03. The van der Waals surface area contributed by atoms with Gasteiger partial charge < -0.3 is 4.74 Å². The van der Waals surface area contributed by atoms with Crippen LogP contribution in [-0.4, -0.2) is 17.8 Å². The summed E-state index contributed by atoms with van der Waals surface area (Å²) in [5.41, 5.74) is -0.387. The number of benzene rings is 1. The Bertz CT molecular complexity index is 502. The van der Waals surface area contributed by atoms with Gasteiger partial charge in [0.25, 0.3) is 0 Å². The van der Waals surface area contributed by atoms with Crippen LogP contribution in [0, 0.1) is 21.4 Å². The molecule has 0 unspecified atom stereocenters. The summed E-state index contributed by atoms with van der Waals surface area (Å²) in [5.74, 6) is -0.573. The number of ether oxygens (including phenoxy) is 1. The number of ketones is 1. The van der Waals surface area contributed by atoms with Crippen LogP contribution in [0.1, 0.15) is 22.8 Å². The Labute approximate surface area is 91.2 Å². The highest BCUT2D eigenvalue weighted by atomic mass is 16.6. The molecular formula is C10H8N2O4. The normalized spacial score (nSPS) is 9.31. The van der Waals surface area contributed by atoms with E-state index in [9.17, 15) is 14.9 Å². The van der Waals surface area contributed by atoms with Gasteiger partial charge in [0, 0.05) is 6.07 Å². The average molecular weight is 220 g/mol. The number of nitriles is 1. The number of carbonyl (C=O) groups is 1. The SMILES string of the molecule is COc1cc(C#N)cc(C(C)=O)c1[N+](=O)[O-]. The Morgan fingerprint density at radius 3 is 2.56 bits per heavy atom. The maximum atomic E-state index is 11.2. The topological polar surface area (TPSA) is 93.2 Å². The number of rotatable bonds is 3. The minimum absolute atomic E-state index is 0.0887. The number of nitro groups is 1. The maximum Gasteiger partial charge on any atom is 0.321 e. The van der Waals surface area contributed by atoms with Crippen molar-refractivity contribution < 1.29 is 14.5 Å². The van der Waals surface area contributed by atoms with Gasteiger partial charge in [-0.3, -0.25) is 14.9 Å². The minimum Gasteiger partial charge on any atom is -0.490 e. The standard InChI is InChI=1S/C10H8N2O4/c1-6(13)8-3-7(5-11)4-9(16-2)10(8)12(14)15/h3-4H,1-2H3. The first-order chi connectivity index (χ1) is 7.51. The van der Waals surface area contributed by atoms with Crippen molar-refractivity contribution in [1.29, 1.82) is 5.26 Å². The van der Waals surface area contributed by atoms with Crippen molar-refractivity contribution in [3.05, 3.63) is 33.4 Å². The van der Waals surface area contributed by atoms with Gasteiger partial charge in [0.1, 0.15) is 5.56 Å². The molecule has 0 fully saturated rings. The first-order valence-corrected chi connectivity index (χ1v) is 4.28. The summed E-state index contributed by atoms with van der Waals surface area (Å²) in [4.78, 5) is 21.3. The lowest BCUT2D eigenvalue weighted by molar-refractivity contribution is -0.386. The van der Waals surface area contributed by atoms with Crippen LogP contribution in [0.5, 0.6) is 5.75 Å². The van der Waals surface area contributed by atoms with Gasteiger partial charge in [0.05, 0.1) is 23.7 Å². The van der Waals surface area contributed by atoms with Gasteiger partial charge in [0.2, 0.25) is 0 Å². The molecule has 0 aromatic heterocycles. The second-order valence-electron chi connectivity index (χ2n) is 3.00. The highest BCUT2D eigenvalue weighted by Gasteiger charge is 2.24. The Hall–Kier alpha value is -2.42. The van der Waals surface area contributed by atoms with Crippen molar-refractivity contribution in [3.8, 4) is 11.8 Å². The first kappa shape index (κ1) is 11.7. The van der Waals surface area contributed by atoms with E-state index in [1.165, 1.54) is 26.2 Å². The zero-order chi connectivity index (χ0) is 12.3. The molecule has 16 heavy (non-hydrogen) atoms. The summed E-state index contributed by atoms with van der Waals surface area (Å²) in [5, 5.41) is 19.5. The van der Waals surface area contributed by atoms with E-state index < -0.39 is 16.4 Å². The van der Waals surface area contributed by atoms with E-state index in [0.717, 1.165) is 0 Å². The van der Waals surface area contributed by atoms with Crippen molar-refractivity contribution in [3.63, 3.8) is 0 Å². The largest absolute Gasteiger partial charge is 0.490 e. The molecule has 0 aliphatic rings. The van der Waals surface area contributed by atoms with Crippen LogP contribution in [0.25, 0.3) is 0 Å². The molecule has 82 valence electrons. The second kappa shape index (κ2) is 4.40. The van der Waals surface area contributed by atoms with Crippen molar-refractivity contribution in [1.82, 2.24) is 0 Å². The van der Waals surface area contributed by atoms with E-state index in [1.807, 2.05) is 6.07 Å². The van der Waals surface area contributed by atoms with E-state index in [0.29, 0.717) is 0 Å². The van der Waals surface area contributed by atoms with Gasteiger partial charge >= 0.3 is 5.69 Å². The van der Waals surface area contributed by atoms with Crippen molar-refractivity contribution in [2.45, 2.75) is 6.92 Å². The van der Waals surface area contributed by atoms with Crippen LogP contribution in [0.3, 0.4) is 0 Å². The lowest BCUT2D eigenvalue weighted by atomic mass is 10.1. The number of hydrogen-bond acceptors (Lipinski definition) is 5. The van der Waals surface area contributed by atoms with Crippen molar-refractivity contribution in [2.24, 2.45) is 0 Å². The van der Waals surface area contributed by atoms with Crippen LogP contribution in [0.15, 0.2) is 12.1 Å². The summed E-state index contributed by atoms with van der Waals surface area (Å²) >= 11 is 0. The second-order valence-corrected chi connectivity index (χ2v) is 3.00. The molecule has 0 aliphatic heterocycles. The van der Waals surface area contributed by atoms with Gasteiger partial charge in [-0.15, -0.1) is 0 Å². The predicted octanol–water partition coefficient (Wildman–Crippen LogP) is 1.68. The molecule has 0 radical (unpaired) electrons.